The molecule has 5 heteroatoms. The van der Waals surface area contributed by atoms with Crippen LogP contribution in [0.5, 0.6) is 0 Å². The van der Waals surface area contributed by atoms with Crippen molar-refractivity contribution in [3.05, 3.63) is 0 Å². The fourth-order valence-electron chi connectivity index (χ4n) is 1.78. The third-order valence-electron chi connectivity index (χ3n) is 3.04. The van der Waals surface area contributed by atoms with E-state index in [0.717, 1.165) is 12.8 Å². The van der Waals surface area contributed by atoms with Gasteiger partial charge in [0, 0.05) is 19.0 Å². The first-order valence-electron chi connectivity index (χ1n) is 6.17. The molecule has 0 aromatic carbocycles. The van der Waals surface area contributed by atoms with E-state index in [1.165, 1.54) is 0 Å². The number of nitrogens with one attached hydrogen (secondary N) is 2. The number of carbonyl (C=O) groups excluding carboxylic acids is 1. The highest BCUT2D eigenvalue weighted by atomic mass is 35.5. The summed E-state index contributed by atoms with van der Waals surface area (Å²) in [4.78, 5) is 11.6. The van der Waals surface area contributed by atoms with Crippen molar-refractivity contribution in [1.29, 1.82) is 0 Å². The van der Waals surface area contributed by atoms with Crippen LogP contribution in [0.2, 0.25) is 0 Å². The Morgan fingerprint density at radius 2 is 1.76 bits per heavy atom. The van der Waals surface area contributed by atoms with Crippen molar-refractivity contribution in [1.82, 2.24) is 10.6 Å². The summed E-state index contributed by atoms with van der Waals surface area (Å²) in [6, 6.07) is 0. The Morgan fingerprint density at radius 3 is 2.18 bits per heavy atom. The Bertz CT molecular complexity index is 199. The molecule has 2 unspecified atom stereocenters. The van der Waals surface area contributed by atoms with Gasteiger partial charge in [0.2, 0.25) is 5.91 Å². The molecule has 0 aliphatic carbocycles. The van der Waals surface area contributed by atoms with Gasteiger partial charge in [-0.3, -0.25) is 4.79 Å². The van der Waals surface area contributed by atoms with Gasteiger partial charge in [0.1, 0.15) is 0 Å². The van der Waals surface area contributed by atoms with Crippen LogP contribution in [-0.4, -0.2) is 37.3 Å². The predicted octanol–water partition coefficient (Wildman–Crippen LogP) is 1.18. The van der Waals surface area contributed by atoms with Crippen LogP contribution in [0.3, 0.4) is 0 Å². The molecule has 0 radical (unpaired) electrons. The molecule has 4 nitrogen and oxygen atoms in total. The fraction of sp³-hybridized carbons (Fsp3) is 0.917. The standard InChI is InChI=1S/C12H26N2O2.ClH/c1-5-10(6-2)11(15)8-14-12(16)9(3)7-13-4;/h9-11,13,15H,5-8H2,1-4H3,(H,14,16);1H. The second-order valence-electron chi connectivity index (χ2n) is 4.35. The number of hydrogen-bond donors (Lipinski definition) is 3. The minimum Gasteiger partial charge on any atom is -0.391 e. The molecule has 2 atom stereocenters. The zero-order valence-electron chi connectivity index (χ0n) is 11.3. The Labute approximate surface area is 111 Å². The molecule has 0 aliphatic rings. The van der Waals surface area contributed by atoms with Gasteiger partial charge in [0.05, 0.1) is 6.10 Å². The van der Waals surface area contributed by atoms with Crippen molar-refractivity contribution in [2.75, 3.05) is 20.1 Å². The maximum Gasteiger partial charge on any atom is 0.224 e. The van der Waals surface area contributed by atoms with Gasteiger partial charge < -0.3 is 15.7 Å². The summed E-state index contributed by atoms with van der Waals surface area (Å²) in [5, 5.41) is 15.6. The first-order valence-corrected chi connectivity index (χ1v) is 6.17. The second-order valence-corrected chi connectivity index (χ2v) is 4.35. The maximum absolute atomic E-state index is 11.6. The van der Waals surface area contributed by atoms with Crippen LogP contribution in [0.25, 0.3) is 0 Å². The number of halogens is 1. The molecule has 0 saturated carbocycles. The first-order chi connectivity index (χ1) is 7.56. The summed E-state index contributed by atoms with van der Waals surface area (Å²) in [7, 11) is 1.82. The summed E-state index contributed by atoms with van der Waals surface area (Å²) in [6.45, 7) is 7.01. The Hall–Kier alpha value is -0.320. The van der Waals surface area contributed by atoms with Crippen LogP contribution in [0.4, 0.5) is 0 Å². The Kier molecular flexibility index (Phi) is 12.1. The minimum atomic E-state index is -0.430. The van der Waals surface area contributed by atoms with Gasteiger partial charge in [-0.25, -0.2) is 0 Å². The van der Waals surface area contributed by atoms with Gasteiger partial charge in [-0.15, -0.1) is 12.4 Å². The monoisotopic (exact) mass is 266 g/mol. The SMILES string of the molecule is CCC(CC)C(O)CNC(=O)C(C)CNC.Cl. The average molecular weight is 267 g/mol. The zero-order chi connectivity index (χ0) is 12.6. The van der Waals surface area contributed by atoms with E-state index < -0.39 is 6.10 Å². The molecule has 0 aliphatic heterocycles. The second kappa shape index (κ2) is 10.8. The summed E-state index contributed by atoms with van der Waals surface area (Å²) in [5.41, 5.74) is 0. The molecule has 17 heavy (non-hydrogen) atoms. The average Bonchev–Trinajstić information content (AvgIpc) is 2.27. The normalized spacial score (nSPS) is 14.0. The molecular weight excluding hydrogens is 240 g/mol. The molecular formula is C12H27ClN2O2. The van der Waals surface area contributed by atoms with Crippen molar-refractivity contribution in [2.24, 2.45) is 11.8 Å². The fourth-order valence-corrected chi connectivity index (χ4v) is 1.78. The van der Waals surface area contributed by atoms with Crippen molar-refractivity contribution < 1.29 is 9.90 Å². The van der Waals surface area contributed by atoms with E-state index in [9.17, 15) is 9.90 Å². The maximum atomic E-state index is 11.6. The number of amides is 1. The minimum absolute atomic E-state index is 0. The molecule has 0 bridgehead atoms. The zero-order valence-corrected chi connectivity index (χ0v) is 12.1. The number of carbonyl (C=O) groups is 1. The largest absolute Gasteiger partial charge is 0.391 e. The molecule has 0 heterocycles. The van der Waals surface area contributed by atoms with E-state index in [2.05, 4.69) is 24.5 Å². The van der Waals surface area contributed by atoms with Gasteiger partial charge in [-0.1, -0.05) is 33.6 Å². The number of aliphatic hydroxyl groups excluding tert-OH is 1. The number of rotatable bonds is 8. The number of aliphatic hydroxyl groups is 1. The van der Waals surface area contributed by atoms with Gasteiger partial charge in [0.25, 0.3) is 0 Å². The van der Waals surface area contributed by atoms with E-state index in [1.807, 2.05) is 14.0 Å². The van der Waals surface area contributed by atoms with Gasteiger partial charge in [0.15, 0.2) is 0 Å². The Balaban J connectivity index is 0. The van der Waals surface area contributed by atoms with Crippen LogP contribution in [0.15, 0.2) is 0 Å². The quantitative estimate of drug-likeness (QED) is 0.618. The summed E-state index contributed by atoms with van der Waals surface area (Å²) in [6.07, 6.45) is 1.46. The highest BCUT2D eigenvalue weighted by Gasteiger charge is 2.18. The highest BCUT2D eigenvalue weighted by Crippen LogP contribution is 2.12. The van der Waals surface area contributed by atoms with Crippen LogP contribution in [0.1, 0.15) is 33.6 Å². The molecule has 1 amide bonds. The lowest BCUT2D eigenvalue weighted by atomic mass is 9.96. The number of hydrogen-bond acceptors (Lipinski definition) is 3. The molecule has 0 saturated heterocycles. The molecule has 0 fully saturated rings. The third-order valence-corrected chi connectivity index (χ3v) is 3.04. The van der Waals surface area contributed by atoms with E-state index in [4.69, 9.17) is 0 Å². The topological polar surface area (TPSA) is 61.4 Å². The lowest BCUT2D eigenvalue weighted by Gasteiger charge is -2.21. The van der Waals surface area contributed by atoms with Crippen LogP contribution >= 0.6 is 12.4 Å². The van der Waals surface area contributed by atoms with Gasteiger partial charge >= 0.3 is 0 Å². The van der Waals surface area contributed by atoms with Crippen LogP contribution in [-0.2, 0) is 4.79 Å². The smallest absolute Gasteiger partial charge is 0.224 e. The predicted molar refractivity (Wildman–Crippen MR) is 73.4 cm³/mol. The summed E-state index contributed by atoms with van der Waals surface area (Å²) >= 11 is 0. The van der Waals surface area contributed by atoms with Crippen molar-refractivity contribution in [3.8, 4) is 0 Å². The first kappa shape index (κ1) is 19.0. The van der Waals surface area contributed by atoms with Crippen LogP contribution < -0.4 is 10.6 Å². The molecule has 0 aromatic rings. The van der Waals surface area contributed by atoms with E-state index in [-0.39, 0.29) is 30.2 Å². The van der Waals surface area contributed by atoms with E-state index in [1.54, 1.807) is 0 Å². The highest BCUT2D eigenvalue weighted by molar-refractivity contribution is 5.85. The molecule has 0 spiro atoms. The van der Waals surface area contributed by atoms with Crippen molar-refractivity contribution >= 4 is 18.3 Å². The molecule has 0 aromatic heterocycles. The van der Waals surface area contributed by atoms with Gasteiger partial charge in [-0.2, -0.15) is 0 Å². The molecule has 104 valence electrons. The third kappa shape index (κ3) is 7.58. The summed E-state index contributed by atoms with van der Waals surface area (Å²) in [5.74, 6) is 0.221. The lowest BCUT2D eigenvalue weighted by Crippen LogP contribution is -2.40. The molecule has 3 N–H and O–H groups in total. The van der Waals surface area contributed by atoms with Crippen molar-refractivity contribution in [2.45, 2.75) is 39.7 Å². The summed E-state index contributed by atoms with van der Waals surface area (Å²) < 4.78 is 0. The van der Waals surface area contributed by atoms with Gasteiger partial charge in [-0.05, 0) is 13.0 Å². The lowest BCUT2D eigenvalue weighted by molar-refractivity contribution is -0.125. The van der Waals surface area contributed by atoms with E-state index in [0.29, 0.717) is 13.1 Å². The van der Waals surface area contributed by atoms with Crippen molar-refractivity contribution in [3.63, 3.8) is 0 Å². The van der Waals surface area contributed by atoms with Crippen LogP contribution in [0, 0.1) is 11.8 Å². The Morgan fingerprint density at radius 1 is 1.24 bits per heavy atom. The molecule has 0 rings (SSSR count). The van der Waals surface area contributed by atoms with E-state index >= 15 is 0 Å².